The summed E-state index contributed by atoms with van der Waals surface area (Å²) in [4.78, 5) is 4.52. The van der Waals surface area contributed by atoms with Gasteiger partial charge in [-0.3, -0.25) is 4.98 Å². The molecule has 0 saturated carbocycles. The van der Waals surface area contributed by atoms with Gasteiger partial charge in [-0.1, -0.05) is 48.9 Å². The van der Waals surface area contributed by atoms with E-state index >= 15 is 0 Å². The van der Waals surface area contributed by atoms with Gasteiger partial charge in [-0.25, -0.2) is 0 Å². The maximum atomic E-state index is 4.52. The summed E-state index contributed by atoms with van der Waals surface area (Å²) in [6, 6.07) is 14.8. The Morgan fingerprint density at radius 1 is 1.06 bits per heavy atom. The van der Waals surface area contributed by atoms with Crippen LogP contribution < -0.4 is 0 Å². The van der Waals surface area contributed by atoms with Crippen LogP contribution in [-0.2, 0) is 0 Å². The molecule has 3 rings (SSSR count). The number of rotatable bonds is 2. The Balaban J connectivity index is 2.13. The summed E-state index contributed by atoms with van der Waals surface area (Å²) in [5.41, 5.74) is 5.36. The van der Waals surface area contributed by atoms with E-state index in [-0.39, 0.29) is 0 Å². The number of nitrogens with zero attached hydrogens (tertiary/aromatic N) is 1. The summed E-state index contributed by atoms with van der Waals surface area (Å²) in [5, 5.41) is 0. The molecule has 1 unspecified atom stereocenters. The van der Waals surface area contributed by atoms with Gasteiger partial charge in [0.1, 0.15) is 0 Å². The number of benzene rings is 1. The van der Waals surface area contributed by atoms with Crippen LogP contribution in [0.2, 0.25) is 0 Å². The SMILES string of the molecule is CCC1=Cc2ccccc2C1c1ccccn1. The number of allylic oxidation sites excluding steroid dienone is 1. The Labute approximate surface area is 102 Å². The summed E-state index contributed by atoms with van der Waals surface area (Å²) in [6.07, 6.45) is 5.27. The van der Waals surface area contributed by atoms with Crippen molar-refractivity contribution in [3.63, 3.8) is 0 Å². The van der Waals surface area contributed by atoms with Crippen LogP contribution in [0.15, 0.2) is 54.2 Å². The second-order valence-electron chi connectivity index (χ2n) is 4.39. The van der Waals surface area contributed by atoms with E-state index in [0.29, 0.717) is 5.92 Å². The highest BCUT2D eigenvalue weighted by atomic mass is 14.7. The molecule has 1 aromatic heterocycles. The highest BCUT2D eigenvalue weighted by Gasteiger charge is 2.25. The minimum absolute atomic E-state index is 0.359. The van der Waals surface area contributed by atoms with Crippen molar-refractivity contribution in [2.75, 3.05) is 0 Å². The molecular weight excluding hydrogens is 206 g/mol. The summed E-state index contributed by atoms with van der Waals surface area (Å²) < 4.78 is 0. The van der Waals surface area contributed by atoms with E-state index in [1.807, 2.05) is 12.3 Å². The fourth-order valence-corrected chi connectivity index (χ4v) is 2.59. The summed E-state index contributed by atoms with van der Waals surface area (Å²) >= 11 is 0. The number of pyridine rings is 1. The van der Waals surface area contributed by atoms with Crippen molar-refractivity contribution in [3.05, 3.63) is 71.1 Å². The van der Waals surface area contributed by atoms with Crippen LogP contribution in [-0.4, -0.2) is 4.98 Å². The van der Waals surface area contributed by atoms with Crippen LogP contribution in [0.5, 0.6) is 0 Å². The Hall–Kier alpha value is -1.89. The Morgan fingerprint density at radius 3 is 2.65 bits per heavy atom. The first-order valence-corrected chi connectivity index (χ1v) is 6.10. The molecule has 1 heterocycles. The molecular formula is C16H15N. The van der Waals surface area contributed by atoms with Crippen molar-refractivity contribution in [1.82, 2.24) is 4.98 Å². The van der Waals surface area contributed by atoms with Crippen molar-refractivity contribution in [2.45, 2.75) is 19.3 Å². The third kappa shape index (κ3) is 1.68. The van der Waals surface area contributed by atoms with Crippen LogP contribution in [0.1, 0.15) is 36.1 Å². The molecule has 1 nitrogen and oxygen atoms in total. The average Bonchev–Trinajstić information content (AvgIpc) is 2.78. The normalized spacial score (nSPS) is 17.7. The number of hydrogen-bond donors (Lipinski definition) is 0. The molecule has 84 valence electrons. The van der Waals surface area contributed by atoms with E-state index in [0.717, 1.165) is 12.1 Å². The van der Waals surface area contributed by atoms with Gasteiger partial charge in [0.05, 0.1) is 5.69 Å². The number of fused-ring (bicyclic) bond motifs is 1. The van der Waals surface area contributed by atoms with Gasteiger partial charge in [-0.2, -0.15) is 0 Å². The molecule has 1 atom stereocenters. The smallest absolute Gasteiger partial charge is 0.0519 e. The topological polar surface area (TPSA) is 12.9 Å². The van der Waals surface area contributed by atoms with E-state index in [1.54, 1.807) is 0 Å². The van der Waals surface area contributed by atoms with Gasteiger partial charge in [0.2, 0.25) is 0 Å². The lowest BCUT2D eigenvalue weighted by atomic mass is 9.91. The van der Waals surface area contributed by atoms with Gasteiger partial charge >= 0.3 is 0 Å². The minimum atomic E-state index is 0.359. The van der Waals surface area contributed by atoms with Crippen LogP contribution in [0.3, 0.4) is 0 Å². The monoisotopic (exact) mass is 221 g/mol. The molecule has 17 heavy (non-hydrogen) atoms. The Kier molecular flexibility index (Phi) is 2.52. The Morgan fingerprint density at radius 2 is 1.88 bits per heavy atom. The highest BCUT2D eigenvalue weighted by Crippen LogP contribution is 2.41. The Bertz CT molecular complexity index is 555. The first-order chi connectivity index (χ1) is 8.40. The van der Waals surface area contributed by atoms with Crippen molar-refractivity contribution in [1.29, 1.82) is 0 Å². The maximum absolute atomic E-state index is 4.52. The van der Waals surface area contributed by atoms with E-state index < -0.39 is 0 Å². The lowest BCUT2D eigenvalue weighted by molar-refractivity contribution is 0.869. The largest absolute Gasteiger partial charge is 0.260 e. The average molecular weight is 221 g/mol. The zero-order valence-electron chi connectivity index (χ0n) is 9.93. The van der Waals surface area contributed by atoms with E-state index in [9.17, 15) is 0 Å². The van der Waals surface area contributed by atoms with Crippen LogP contribution in [0.25, 0.3) is 6.08 Å². The van der Waals surface area contributed by atoms with Gasteiger partial charge < -0.3 is 0 Å². The van der Waals surface area contributed by atoms with Gasteiger partial charge in [0.25, 0.3) is 0 Å². The molecule has 0 radical (unpaired) electrons. The fourth-order valence-electron chi connectivity index (χ4n) is 2.59. The molecule has 0 spiro atoms. The summed E-state index contributed by atoms with van der Waals surface area (Å²) in [7, 11) is 0. The maximum Gasteiger partial charge on any atom is 0.0519 e. The molecule has 0 fully saturated rings. The number of aromatic nitrogens is 1. The predicted octanol–water partition coefficient (Wildman–Crippen LogP) is 4.02. The molecule has 0 bridgehead atoms. The van der Waals surface area contributed by atoms with E-state index in [1.165, 1.54) is 16.7 Å². The molecule has 1 heteroatoms. The first-order valence-electron chi connectivity index (χ1n) is 6.10. The molecule has 0 saturated heterocycles. The summed E-state index contributed by atoms with van der Waals surface area (Å²) in [6.45, 7) is 2.22. The molecule has 0 N–H and O–H groups in total. The third-order valence-corrected chi connectivity index (χ3v) is 3.41. The zero-order valence-corrected chi connectivity index (χ0v) is 9.93. The standard InChI is InChI=1S/C16H15N/c1-2-12-11-13-7-3-4-8-14(13)16(12)15-9-5-6-10-17-15/h3-11,16H,2H2,1H3. The third-order valence-electron chi connectivity index (χ3n) is 3.41. The van der Waals surface area contributed by atoms with Crippen molar-refractivity contribution in [3.8, 4) is 0 Å². The molecule has 0 amide bonds. The van der Waals surface area contributed by atoms with E-state index in [4.69, 9.17) is 0 Å². The van der Waals surface area contributed by atoms with Crippen molar-refractivity contribution in [2.24, 2.45) is 0 Å². The molecule has 1 aliphatic carbocycles. The van der Waals surface area contributed by atoms with Gasteiger partial charge in [-0.05, 0) is 29.7 Å². The van der Waals surface area contributed by atoms with Crippen molar-refractivity contribution < 1.29 is 0 Å². The van der Waals surface area contributed by atoms with Gasteiger partial charge in [0, 0.05) is 12.1 Å². The van der Waals surface area contributed by atoms with Crippen LogP contribution >= 0.6 is 0 Å². The minimum Gasteiger partial charge on any atom is -0.260 e. The zero-order chi connectivity index (χ0) is 11.7. The van der Waals surface area contributed by atoms with Crippen LogP contribution in [0, 0.1) is 0 Å². The van der Waals surface area contributed by atoms with Crippen molar-refractivity contribution >= 4 is 6.08 Å². The first kappa shape index (κ1) is 10.3. The number of hydrogen-bond acceptors (Lipinski definition) is 1. The molecule has 2 aromatic rings. The lowest BCUT2D eigenvalue weighted by Gasteiger charge is -2.15. The summed E-state index contributed by atoms with van der Waals surface area (Å²) in [5.74, 6) is 0.359. The second-order valence-corrected chi connectivity index (χ2v) is 4.39. The van der Waals surface area contributed by atoms with E-state index in [2.05, 4.69) is 54.4 Å². The van der Waals surface area contributed by atoms with Crippen LogP contribution in [0.4, 0.5) is 0 Å². The quantitative estimate of drug-likeness (QED) is 0.746. The molecule has 1 aromatic carbocycles. The lowest BCUT2D eigenvalue weighted by Crippen LogP contribution is -2.02. The second kappa shape index (κ2) is 4.17. The highest BCUT2D eigenvalue weighted by molar-refractivity contribution is 5.68. The van der Waals surface area contributed by atoms with Gasteiger partial charge in [-0.15, -0.1) is 0 Å². The predicted molar refractivity (Wildman–Crippen MR) is 70.8 cm³/mol. The fraction of sp³-hybridized carbons (Fsp3) is 0.188. The molecule has 1 aliphatic rings. The van der Waals surface area contributed by atoms with Gasteiger partial charge in [0.15, 0.2) is 0 Å². The molecule has 0 aliphatic heterocycles.